The van der Waals surface area contributed by atoms with Crippen LogP contribution in [0.2, 0.25) is 0 Å². The molecule has 0 spiro atoms. The molecule has 0 radical (unpaired) electrons. The lowest BCUT2D eigenvalue weighted by Crippen LogP contribution is -2.51. The van der Waals surface area contributed by atoms with Crippen molar-refractivity contribution >= 4 is 22.6 Å². The predicted octanol–water partition coefficient (Wildman–Crippen LogP) is 2.52. The molecule has 0 saturated carbocycles. The molecule has 3 atom stereocenters. The minimum absolute atomic E-state index is 0.0761. The standard InChI is InChI=1S/C20H23N7O/c1-26-11-14(10-24-26)18-4-12-5-19(23-9-13(12)8-22-18)25-20(28)27-16-2-3-17(27)7-15(21)6-16/h4-5,8-11,15-17H,2-3,6-7,21H2,1H3,(H,23,25,28)/t15-,16-,17+. The van der Waals surface area contributed by atoms with Crippen LogP contribution in [0.5, 0.6) is 0 Å². The van der Waals surface area contributed by atoms with E-state index in [0.717, 1.165) is 47.7 Å². The van der Waals surface area contributed by atoms with Crippen LogP contribution in [0.3, 0.4) is 0 Å². The molecule has 3 aromatic rings. The van der Waals surface area contributed by atoms with Crippen molar-refractivity contribution in [3.63, 3.8) is 0 Å². The third kappa shape index (κ3) is 2.99. The number of urea groups is 1. The van der Waals surface area contributed by atoms with E-state index in [2.05, 4.69) is 20.4 Å². The van der Waals surface area contributed by atoms with Gasteiger partial charge in [0.05, 0.1) is 11.9 Å². The molecule has 2 bridgehead atoms. The molecule has 2 aliphatic heterocycles. The first-order valence-corrected chi connectivity index (χ1v) is 9.66. The van der Waals surface area contributed by atoms with Crippen molar-refractivity contribution in [3.8, 4) is 11.3 Å². The Bertz CT molecular complexity index is 1030. The van der Waals surface area contributed by atoms with Crippen molar-refractivity contribution in [2.24, 2.45) is 12.8 Å². The van der Waals surface area contributed by atoms with Crippen LogP contribution in [0.1, 0.15) is 25.7 Å². The molecular weight excluding hydrogens is 354 g/mol. The summed E-state index contributed by atoms with van der Waals surface area (Å²) in [4.78, 5) is 23.7. The van der Waals surface area contributed by atoms with Gasteiger partial charge in [-0.05, 0) is 43.2 Å². The molecule has 3 N–H and O–H groups in total. The van der Waals surface area contributed by atoms with E-state index in [1.54, 1.807) is 23.3 Å². The van der Waals surface area contributed by atoms with Crippen molar-refractivity contribution in [2.45, 2.75) is 43.8 Å². The summed E-state index contributed by atoms with van der Waals surface area (Å²) in [7, 11) is 1.88. The number of rotatable bonds is 2. The highest BCUT2D eigenvalue weighted by molar-refractivity contribution is 5.93. The highest BCUT2D eigenvalue weighted by atomic mass is 16.2. The van der Waals surface area contributed by atoms with Crippen LogP contribution < -0.4 is 11.1 Å². The highest BCUT2D eigenvalue weighted by Gasteiger charge is 2.42. The van der Waals surface area contributed by atoms with Gasteiger partial charge in [0.1, 0.15) is 5.82 Å². The van der Waals surface area contributed by atoms with Gasteiger partial charge in [-0.3, -0.25) is 15.0 Å². The van der Waals surface area contributed by atoms with Crippen molar-refractivity contribution in [3.05, 3.63) is 36.9 Å². The Morgan fingerprint density at radius 3 is 2.57 bits per heavy atom. The molecule has 2 aliphatic rings. The first-order chi connectivity index (χ1) is 13.6. The number of aryl methyl sites for hydroxylation is 1. The number of hydrogen-bond donors (Lipinski definition) is 2. The van der Waals surface area contributed by atoms with E-state index in [-0.39, 0.29) is 24.2 Å². The zero-order chi connectivity index (χ0) is 19.3. The highest BCUT2D eigenvalue weighted by Crippen LogP contribution is 2.35. The van der Waals surface area contributed by atoms with Crippen LogP contribution in [0.15, 0.2) is 36.9 Å². The fourth-order valence-electron chi connectivity index (χ4n) is 4.54. The molecule has 28 heavy (non-hydrogen) atoms. The lowest BCUT2D eigenvalue weighted by atomic mass is 9.99. The summed E-state index contributed by atoms with van der Waals surface area (Å²) in [5.74, 6) is 0.551. The molecule has 8 nitrogen and oxygen atoms in total. The maximum atomic E-state index is 12.9. The molecule has 8 heteroatoms. The Morgan fingerprint density at radius 2 is 1.86 bits per heavy atom. The number of carbonyl (C=O) groups is 1. The van der Waals surface area contributed by atoms with E-state index in [1.807, 2.05) is 30.3 Å². The monoisotopic (exact) mass is 377 g/mol. The molecule has 2 amide bonds. The van der Waals surface area contributed by atoms with Crippen molar-refractivity contribution in [1.82, 2.24) is 24.6 Å². The Hall–Kier alpha value is -3.00. The second-order valence-corrected chi connectivity index (χ2v) is 7.84. The number of amides is 2. The van der Waals surface area contributed by atoms with Gasteiger partial charge >= 0.3 is 6.03 Å². The third-order valence-electron chi connectivity index (χ3n) is 5.84. The second-order valence-electron chi connectivity index (χ2n) is 7.84. The van der Waals surface area contributed by atoms with Gasteiger partial charge in [0.2, 0.25) is 0 Å². The summed E-state index contributed by atoms with van der Waals surface area (Å²) in [5.41, 5.74) is 7.91. The first-order valence-electron chi connectivity index (χ1n) is 9.66. The van der Waals surface area contributed by atoms with Crippen LogP contribution in [-0.4, -0.2) is 48.8 Å². The van der Waals surface area contributed by atoms with E-state index >= 15 is 0 Å². The van der Waals surface area contributed by atoms with Gasteiger partial charge in [-0.15, -0.1) is 0 Å². The van der Waals surface area contributed by atoms with Gasteiger partial charge in [0, 0.05) is 54.7 Å². The molecular formula is C20H23N7O. The molecule has 5 rings (SSSR count). The number of nitrogens with zero attached hydrogens (tertiary/aromatic N) is 5. The quantitative estimate of drug-likeness (QED) is 0.714. The summed E-state index contributed by atoms with van der Waals surface area (Å²) in [6.07, 6.45) is 11.1. The van der Waals surface area contributed by atoms with E-state index in [0.29, 0.717) is 5.82 Å². The van der Waals surface area contributed by atoms with Gasteiger partial charge in [-0.2, -0.15) is 5.10 Å². The van der Waals surface area contributed by atoms with Gasteiger partial charge in [0.25, 0.3) is 0 Å². The lowest BCUT2D eigenvalue weighted by molar-refractivity contribution is 0.150. The number of pyridine rings is 2. The predicted molar refractivity (Wildman–Crippen MR) is 107 cm³/mol. The average molecular weight is 377 g/mol. The number of carbonyl (C=O) groups excluding carboxylic acids is 1. The molecule has 2 saturated heterocycles. The molecule has 3 aromatic heterocycles. The number of hydrogen-bond acceptors (Lipinski definition) is 5. The number of fused-ring (bicyclic) bond motifs is 3. The van der Waals surface area contributed by atoms with Gasteiger partial charge in [0.15, 0.2) is 0 Å². The van der Waals surface area contributed by atoms with E-state index in [4.69, 9.17) is 5.73 Å². The van der Waals surface area contributed by atoms with Gasteiger partial charge < -0.3 is 10.6 Å². The van der Waals surface area contributed by atoms with Gasteiger partial charge in [-0.1, -0.05) is 0 Å². The lowest BCUT2D eigenvalue weighted by Gasteiger charge is -2.37. The van der Waals surface area contributed by atoms with E-state index in [1.165, 1.54) is 0 Å². The number of nitrogens with two attached hydrogens (primary N) is 1. The Kier molecular flexibility index (Phi) is 4.01. The number of aromatic nitrogens is 4. The fraction of sp³-hybridized carbons (Fsp3) is 0.400. The van der Waals surface area contributed by atoms with Gasteiger partial charge in [-0.25, -0.2) is 9.78 Å². The van der Waals surface area contributed by atoms with Crippen molar-refractivity contribution < 1.29 is 4.79 Å². The van der Waals surface area contributed by atoms with Crippen LogP contribution in [0, 0.1) is 0 Å². The summed E-state index contributed by atoms with van der Waals surface area (Å²) in [5, 5.41) is 9.08. The maximum Gasteiger partial charge on any atom is 0.323 e. The Balaban J connectivity index is 1.39. The number of piperidine rings is 1. The molecule has 0 unspecified atom stereocenters. The van der Waals surface area contributed by atoms with Crippen LogP contribution in [0.25, 0.3) is 22.0 Å². The van der Waals surface area contributed by atoms with Crippen molar-refractivity contribution in [1.29, 1.82) is 0 Å². The van der Waals surface area contributed by atoms with Crippen LogP contribution in [-0.2, 0) is 7.05 Å². The summed E-state index contributed by atoms with van der Waals surface area (Å²) in [6, 6.07) is 4.51. The molecule has 0 aliphatic carbocycles. The maximum absolute atomic E-state index is 12.9. The minimum atomic E-state index is -0.0761. The van der Waals surface area contributed by atoms with E-state index < -0.39 is 0 Å². The topological polar surface area (TPSA) is 102 Å². The Labute approximate surface area is 162 Å². The van der Waals surface area contributed by atoms with Crippen molar-refractivity contribution in [2.75, 3.05) is 5.32 Å². The summed E-state index contributed by atoms with van der Waals surface area (Å²) in [6.45, 7) is 0. The SMILES string of the molecule is Cn1cc(-c2cc3cc(NC(=O)N4[C@@H]5CC[C@H]4C[C@H](N)C5)ncc3cn2)cn1. The zero-order valence-corrected chi connectivity index (χ0v) is 15.7. The molecule has 0 aromatic carbocycles. The summed E-state index contributed by atoms with van der Waals surface area (Å²) >= 11 is 0. The average Bonchev–Trinajstić information content (AvgIpc) is 3.22. The van der Waals surface area contributed by atoms with E-state index in [9.17, 15) is 4.79 Å². The molecule has 5 heterocycles. The first kappa shape index (κ1) is 17.1. The fourth-order valence-corrected chi connectivity index (χ4v) is 4.54. The largest absolute Gasteiger partial charge is 0.328 e. The summed E-state index contributed by atoms with van der Waals surface area (Å²) < 4.78 is 1.75. The zero-order valence-electron chi connectivity index (χ0n) is 15.7. The smallest absolute Gasteiger partial charge is 0.323 e. The number of nitrogens with one attached hydrogen (secondary N) is 1. The molecule has 144 valence electrons. The Morgan fingerprint density at radius 1 is 1.11 bits per heavy atom. The van der Waals surface area contributed by atoms with Crippen LogP contribution >= 0.6 is 0 Å². The van der Waals surface area contributed by atoms with Crippen LogP contribution in [0.4, 0.5) is 10.6 Å². The minimum Gasteiger partial charge on any atom is -0.328 e. The third-order valence-corrected chi connectivity index (χ3v) is 5.84. The molecule has 2 fully saturated rings. The number of anilines is 1. The normalized spacial score (nSPS) is 23.9. The second kappa shape index (κ2) is 6.56.